The molecule has 1 heterocycles. The van der Waals surface area contributed by atoms with Crippen LogP contribution in [0, 0.1) is 0 Å². The second kappa shape index (κ2) is 10.2. The number of para-hydroxylation sites is 1. The van der Waals surface area contributed by atoms with Crippen molar-refractivity contribution < 1.29 is 19.1 Å². The highest BCUT2D eigenvalue weighted by atomic mass is 16.5. The zero-order chi connectivity index (χ0) is 24.1. The SMILES string of the molecule is COc1ccc(C(CC(=O)Nc2ccc(C(=O)N3CCc4ccccc43)cc2)NC(C)=O)cc1. The van der Waals surface area contributed by atoms with Crippen LogP contribution in [0.15, 0.2) is 72.8 Å². The fourth-order valence-electron chi connectivity index (χ4n) is 4.13. The summed E-state index contributed by atoms with van der Waals surface area (Å²) in [4.78, 5) is 39.1. The number of amides is 3. The number of methoxy groups -OCH3 is 1. The Morgan fingerprint density at radius 2 is 1.68 bits per heavy atom. The smallest absolute Gasteiger partial charge is 0.258 e. The highest BCUT2D eigenvalue weighted by Crippen LogP contribution is 2.29. The molecule has 34 heavy (non-hydrogen) atoms. The zero-order valence-corrected chi connectivity index (χ0v) is 19.2. The molecule has 4 rings (SSSR count). The number of anilines is 2. The Labute approximate surface area is 198 Å². The van der Waals surface area contributed by atoms with Crippen LogP contribution in [0.2, 0.25) is 0 Å². The normalized spacial score (nSPS) is 13.1. The summed E-state index contributed by atoms with van der Waals surface area (Å²) < 4.78 is 5.17. The quantitative estimate of drug-likeness (QED) is 0.559. The lowest BCUT2D eigenvalue weighted by atomic mass is 10.0. The van der Waals surface area contributed by atoms with Gasteiger partial charge in [-0.15, -0.1) is 0 Å². The van der Waals surface area contributed by atoms with Gasteiger partial charge in [0.15, 0.2) is 0 Å². The van der Waals surface area contributed by atoms with Crippen molar-refractivity contribution in [1.82, 2.24) is 5.32 Å². The fourth-order valence-corrected chi connectivity index (χ4v) is 4.13. The molecule has 174 valence electrons. The van der Waals surface area contributed by atoms with E-state index in [2.05, 4.69) is 10.6 Å². The predicted molar refractivity (Wildman–Crippen MR) is 131 cm³/mol. The van der Waals surface area contributed by atoms with E-state index in [0.717, 1.165) is 17.7 Å². The number of carbonyl (C=O) groups excluding carboxylic acids is 3. The molecule has 0 radical (unpaired) electrons. The van der Waals surface area contributed by atoms with Gasteiger partial charge in [0.05, 0.1) is 19.6 Å². The van der Waals surface area contributed by atoms with Crippen LogP contribution in [0.1, 0.15) is 40.9 Å². The van der Waals surface area contributed by atoms with Gasteiger partial charge in [0.2, 0.25) is 11.8 Å². The minimum atomic E-state index is -0.473. The highest BCUT2D eigenvalue weighted by Gasteiger charge is 2.25. The molecule has 0 spiro atoms. The first-order valence-corrected chi connectivity index (χ1v) is 11.2. The van der Waals surface area contributed by atoms with Gasteiger partial charge in [-0.1, -0.05) is 30.3 Å². The van der Waals surface area contributed by atoms with Gasteiger partial charge in [-0.2, -0.15) is 0 Å². The summed E-state index contributed by atoms with van der Waals surface area (Å²) >= 11 is 0. The molecule has 7 nitrogen and oxygen atoms in total. The van der Waals surface area contributed by atoms with Crippen molar-refractivity contribution in [2.75, 3.05) is 23.9 Å². The highest BCUT2D eigenvalue weighted by molar-refractivity contribution is 6.07. The summed E-state index contributed by atoms with van der Waals surface area (Å²) in [5.41, 5.74) is 4.07. The van der Waals surface area contributed by atoms with Gasteiger partial charge in [0.1, 0.15) is 5.75 Å². The van der Waals surface area contributed by atoms with Crippen LogP contribution in [0.4, 0.5) is 11.4 Å². The lowest BCUT2D eigenvalue weighted by Gasteiger charge is -2.19. The molecule has 0 aliphatic carbocycles. The summed E-state index contributed by atoms with van der Waals surface area (Å²) in [6, 6.07) is 21.5. The largest absolute Gasteiger partial charge is 0.497 e. The number of benzene rings is 3. The van der Waals surface area contributed by atoms with Crippen LogP contribution in [0.5, 0.6) is 5.75 Å². The van der Waals surface area contributed by atoms with Crippen LogP contribution in [0.3, 0.4) is 0 Å². The maximum atomic E-state index is 13.0. The van der Waals surface area contributed by atoms with E-state index in [1.807, 2.05) is 36.4 Å². The first kappa shape index (κ1) is 23.0. The van der Waals surface area contributed by atoms with E-state index in [1.165, 1.54) is 12.5 Å². The molecule has 1 atom stereocenters. The van der Waals surface area contributed by atoms with Crippen molar-refractivity contribution in [3.8, 4) is 5.75 Å². The first-order chi connectivity index (χ1) is 16.4. The van der Waals surface area contributed by atoms with Crippen molar-refractivity contribution >= 4 is 29.1 Å². The van der Waals surface area contributed by atoms with Crippen LogP contribution < -0.4 is 20.3 Å². The number of carbonyl (C=O) groups is 3. The van der Waals surface area contributed by atoms with Crippen molar-refractivity contribution in [3.05, 3.63) is 89.5 Å². The number of hydrogen-bond donors (Lipinski definition) is 2. The Morgan fingerprint density at radius 1 is 0.971 bits per heavy atom. The van der Waals surface area contributed by atoms with Crippen molar-refractivity contribution in [2.24, 2.45) is 0 Å². The van der Waals surface area contributed by atoms with Gasteiger partial charge in [-0.05, 0) is 60.0 Å². The Hall–Kier alpha value is -4.13. The zero-order valence-electron chi connectivity index (χ0n) is 19.2. The molecule has 1 aliphatic heterocycles. The minimum absolute atomic E-state index is 0.0620. The van der Waals surface area contributed by atoms with Gasteiger partial charge in [0, 0.05) is 30.4 Å². The minimum Gasteiger partial charge on any atom is -0.497 e. The number of ether oxygens (including phenoxy) is 1. The fraction of sp³-hybridized carbons (Fsp3) is 0.222. The third-order valence-corrected chi connectivity index (χ3v) is 5.83. The lowest BCUT2D eigenvalue weighted by Crippen LogP contribution is -2.30. The molecule has 0 saturated carbocycles. The molecule has 1 unspecified atom stereocenters. The summed E-state index contributed by atoms with van der Waals surface area (Å²) in [6.07, 6.45) is 0.914. The molecule has 3 amide bonds. The van der Waals surface area contributed by atoms with Crippen LogP contribution >= 0.6 is 0 Å². The molecular weight excluding hydrogens is 430 g/mol. The van der Waals surface area contributed by atoms with Crippen LogP contribution in [-0.2, 0) is 16.0 Å². The van der Waals surface area contributed by atoms with Crippen molar-refractivity contribution in [1.29, 1.82) is 0 Å². The molecule has 0 aromatic heterocycles. The first-order valence-electron chi connectivity index (χ1n) is 11.2. The number of hydrogen-bond acceptors (Lipinski definition) is 4. The summed E-state index contributed by atoms with van der Waals surface area (Å²) in [5, 5.41) is 5.67. The number of nitrogens with zero attached hydrogens (tertiary/aromatic N) is 1. The third-order valence-electron chi connectivity index (χ3n) is 5.83. The average Bonchev–Trinajstić information content (AvgIpc) is 3.27. The molecule has 3 aromatic rings. The number of fused-ring (bicyclic) bond motifs is 1. The van der Waals surface area contributed by atoms with Gasteiger partial charge < -0.3 is 20.3 Å². The van der Waals surface area contributed by atoms with E-state index in [-0.39, 0.29) is 24.1 Å². The predicted octanol–water partition coefficient (Wildman–Crippen LogP) is 4.10. The monoisotopic (exact) mass is 457 g/mol. The Balaban J connectivity index is 1.40. The molecular formula is C27H27N3O4. The molecule has 0 bridgehead atoms. The molecule has 1 aliphatic rings. The lowest BCUT2D eigenvalue weighted by molar-refractivity contribution is -0.120. The Bertz CT molecular complexity index is 1190. The van der Waals surface area contributed by atoms with E-state index >= 15 is 0 Å². The second-order valence-corrected chi connectivity index (χ2v) is 8.19. The van der Waals surface area contributed by atoms with E-state index < -0.39 is 6.04 Å². The standard InChI is InChI=1S/C27H27N3O4/c1-18(31)28-24(19-9-13-23(34-2)14-10-19)17-26(32)29-22-11-7-21(8-12-22)27(33)30-16-15-20-5-3-4-6-25(20)30/h3-14,24H,15-17H2,1-2H3,(H,28,31)(H,29,32). The third kappa shape index (κ3) is 5.26. The van der Waals surface area contributed by atoms with E-state index in [0.29, 0.717) is 23.5 Å². The van der Waals surface area contributed by atoms with Crippen molar-refractivity contribution in [3.63, 3.8) is 0 Å². The van der Waals surface area contributed by atoms with Crippen molar-refractivity contribution in [2.45, 2.75) is 25.8 Å². The van der Waals surface area contributed by atoms with E-state index in [4.69, 9.17) is 4.74 Å². The van der Waals surface area contributed by atoms with Gasteiger partial charge >= 0.3 is 0 Å². The summed E-state index contributed by atoms with van der Waals surface area (Å²) in [5.74, 6) is 0.164. The van der Waals surface area contributed by atoms with Gasteiger partial charge in [0.25, 0.3) is 5.91 Å². The average molecular weight is 458 g/mol. The topological polar surface area (TPSA) is 87.7 Å². The van der Waals surface area contributed by atoms with E-state index in [9.17, 15) is 14.4 Å². The van der Waals surface area contributed by atoms with Gasteiger partial charge in [-0.3, -0.25) is 14.4 Å². The molecule has 3 aromatic carbocycles. The number of rotatable bonds is 7. The maximum Gasteiger partial charge on any atom is 0.258 e. The molecule has 7 heteroatoms. The second-order valence-electron chi connectivity index (χ2n) is 8.19. The van der Waals surface area contributed by atoms with Crippen LogP contribution in [0.25, 0.3) is 0 Å². The maximum absolute atomic E-state index is 13.0. The Kier molecular flexibility index (Phi) is 6.92. The molecule has 0 fully saturated rings. The molecule has 2 N–H and O–H groups in total. The van der Waals surface area contributed by atoms with Gasteiger partial charge in [-0.25, -0.2) is 0 Å². The Morgan fingerprint density at radius 3 is 2.35 bits per heavy atom. The van der Waals surface area contributed by atoms with Crippen LogP contribution in [-0.4, -0.2) is 31.4 Å². The number of nitrogens with one attached hydrogen (secondary N) is 2. The van der Waals surface area contributed by atoms with E-state index in [1.54, 1.807) is 48.4 Å². The summed E-state index contributed by atoms with van der Waals surface area (Å²) in [6.45, 7) is 2.08. The molecule has 0 saturated heterocycles. The summed E-state index contributed by atoms with van der Waals surface area (Å²) in [7, 11) is 1.58.